The van der Waals surface area contributed by atoms with Crippen LogP contribution in [0.25, 0.3) is 0 Å². The minimum atomic E-state index is -0.721. The average molecular weight is 461 g/mol. The number of rotatable bonds is 5. The summed E-state index contributed by atoms with van der Waals surface area (Å²) >= 11 is 0. The van der Waals surface area contributed by atoms with Crippen molar-refractivity contribution in [1.82, 2.24) is 9.80 Å². The number of aryl methyl sites for hydroxylation is 1. The van der Waals surface area contributed by atoms with E-state index in [0.717, 1.165) is 36.2 Å². The Morgan fingerprint density at radius 2 is 1.76 bits per heavy atom. The third-order valence-electron chi connectivity index (χ3n) is 7.57. The van der Waals surface area contributed by atoms with E-state index in [1.807, 2.05) is 66.4 Å². The Hall–Kier alpha value is -3.35. The van der Waals surface area contributed by atoms with Crippen molar-refractivity contribution in [2.75, 3.05) is 36.5 Å². The Kier molecular flexibility index (Phi) is 6.02. The molecule has 0 radical (unpaired) electrons. The van der Waals surface area contributed by atoms with Gasteiger partial charge in [-0.25, -0.2) is 0 Å². The van der Waals surface area contributed by atoms with E-state index in [1.54, 1.807) is 4.90 Å². The zero-order valence-corrected chi connectivity index (χ0v) is 19.7. The molecule has 34 heavy (non-hydrogen) atoms. The third kappa shape index (κ3) is 4.15. The lowest BCUT2D eigenvalue weighted by atomic mass is 9.81. The Morgan fingerprint density at radius 3 is 2.41 bits per heavy atom. The number of carbonyl (C=O) groups is 3. The fraction of sp³-hybridized carbons (Fsp3) is 0.444. The summed E-state index contributed by atoms with van der Waals surface area (Å²) in [4.78, 5) is 45.1. The summed E-state index contributed by atoms with van der Waals surface area (Å²) in [7, 11) is 0. The van der Waals surface area contributed by atoms with Gasteiger partial charge >= 0.3 is 0 Å². The molecule has 3 fully saturated rings. The van der Waals surface area contributed by atoms with E-state index in [4.69, 9.17) is 0 Å². The zero-order valence-electron chi connectivity index (χ0n) is 19.7. The van der Waals surface area contributed by atoms with Crippen LogP contribution in [0.3, 0.4) is 0 Å². The molecule has 3 aliphatic rings. The van der Waals surface area contributed by atoms with Gasteiger partial charge in [-0.3, -0.25) is 14.4 Å². The molecule has 0 atom stereocenters. The first-order valence-corrected chi connectivity index (χ1v) is 12.2. The number of carbonyl (C=O) groups excluding carboxylic acids is 3. The molecule has 0 aromatic heterocycles. The van der Waals surface area contributed by atoms with Crippen molar-refractivity contribution in [3.05, 3.63) is 60.2 Å². The van der Waals surface area contributed by atoms with Crippen molar-refractivity contribution >= 4 is 29.1 Å². The van der Waals surface area contributed by atoms with Gasteiger partial charge < -0.3 is 20.0 Å². The highest BCUT2D eigenvalue weighted by Gasteiger charge is 2.54. The van der Waals surface area contributed by atoms with Crippen LogP contribution >= 0.6 is 0 Å². The molecule has 2 aromatic rings. The largest absolute Gasteiger partial charge is 0.342 e. The summed E-state index contributed by atoms with van der Waals surface area (Å²) in [6, 6.07) is 17.6. The van der Waals surface area contributed by atoms with E-state index >= 15 is 0 Å². The van der Waals surface area contributed by atoms with Crippen LogP contribution in [0.1, 0.15) is 37.7 Å². The predicted molar refractivity (Wildman–Crippen MR) is 131 cm³/mol. The molecule has 3 amide bonds. The van der Waals surface area contributed by atoms with Crippen LogP contribution in [0.5, 0.6) is 0 Å². The summed E-state index contributed by atoms with van der Waals surface area (Å²) in [5, 5.41) is 2.92. The fourth-order valence-electron chi connectivity index (χ4n) is 5.43. The highest BCUT2D eigenvalue weighted by Crippen LogP contribution is 2.40. The average Bonchev–Trinajstić information content (AvgIpc) is 3.05. The van der Waals surface area contributed by atoms with Gasteiger partial charge in [0.1, 0.15) is 12.1 Å². The topological polar surface area (TPSA) is 73.0 Å². The monoisotopic (exact) mass is 460 g/mol. The summed E-state index contributed by atoms with van der Waals surface area (Å²) in [6.07, 6.45) is 4.26. The Morgan fingerprint density at radius 1 is 1.03 bits per heavy atom. The van der Waals surface area contributed by atoms with Gasteiger partial charge in [-0.15, -0.1) is 0 Å². The second-order valence-electron chi connectivity index (χ2n) is 9.81. The number of hydrogen-bond donors (Lipinski definition) is 1. The highest BCUT2D eigenvalue weighted by atomic mass is 16.2. The maximum Gasteiger partial charge on any atom is 0.250 e. The van der Waals surface area contributed by atoms with Crippen LogP contribution in [-0.2, 0) is 14.4 Å². The van der Waals surface area contributed by atoms with E-state index in [1.165, 1.54) is 0 Å². The molecule has 178 valence electrons. The molecule has 2 heterocycles. The molecule has 7 nitrogen and oxygen atoms in total. The number of amides is 3. The minimum Gasteiger partial charge on any atom is -0.342 e. The van der Waals surface area contributed by atoms with Crippen molar-refractivity contribution in [2.45, 2.75) is 44.6 Å². The number of nitrogens with one attached hydrogen (secondary N) is 1. The lowest BCUT2D eigenvalue weighted by Crippen LogP contribution is -2.58. The van der Waals surface area contributed by atoms with E-state index in [2.05, 4.69) is 10.2 Å². The van der Waals surface area contributed by atoms with E-state index < -0.39 is 5.54 Å². The smallest absolute Gasteiger partial charge is 0.250 e. The third-order valence-corrected chi connectivity index (χ3v) is 7.57. The first-order valence-electron chi connectivity index (χ1n) is 12.2. The molecule has 5 rings (SSSR count). The number of para-hydroxylation sites is 1. The second kappa shape index (κ2) is 9.12. The van der Waals surface area contributed by atoms with Gasteiger partial charge in [0.2, 0.25) is 11.8 Å². The normalized spacial score (nSPS) is 19.9. The second-order valence-corrected chi connectivity index (χ2v) is 9.81. The molecular weight excluding hydrogens is 428 g/mol. The number of benzene rings is 2. The van der Waals surface area contributed by atoms with E-state index in [9.17, 15) is 14.4 Å². The quantitative estimate of drug-likeness (QED) is 0.742. The summed E-state index contributed by atoms with van der Waals surface area (Å²) < 4.78 is 0. The molecular formula is C27H32N4O3. The van der Waals surface area contributed by atoms with Gasteiger partial charge in [0, 0.05) is 30.4 Å². The number of anilines is 2. The van der Waals surface area contributed by atoms with Crippen molar-refractivity contribution < 1.29 is 14.4 Å². The maximum absolute atomic E-state index is 13.8. The SMILES string of the molecule is Cc1cccc(NC(=O)CN2CN(c3ccccc3)C3(CCN(C(=O)C4CCC4)CC3)C2=O)c1. The van der Waals surface area contributed by atoms with Gasteiger partial charge in [-0.2, -0.15) is 0 Å². The molecule has 0 unspecified atom stereocenters. The maximum atomic E-state index is 13.8. The number of nitrogens with zero attached hydrogens (tertiary/aromatic N) is 3. The first-order chi connectivity index (χ1) is 16.5. The molecule has 1 spiro atoms. The molecule has 7 heteroatoms. The lowest BCUT2D eigenvalue weighted by Gasteiger charge is -2.44. The molecule has 1 saturated carbocycles. The fourth-order valence-corrected chi connectivity index (χ4v) is 5.43. The van der Waals surface area contributed by atoms with Gasteiger partial charge in [0.15, 0.2) is 0 Å². The van der Waals surface area contributed by atoms with Crippen molar-refractivity contribution in [3.63, 3.8) is 0 Å². The summed E-state index contributed by atoms with van der Waals surface area (Å²) in [5.74, 6) is 0.181. The van der Waals surface area contributed by atoms with Crippen LogP contribution in [0, 0.1) is 12.8 Å². The molecule has 2 aromatic carbocycles. The Labute approximate surface area is 200 Å². The zero-order chi connectivity index (χ0) is 23.7. The highest BCUT2D eigenvalue weighted by molar-refractivity contribution is 5.99. The Bertz CT molecular complexity index is 1070. The van der Waals surface area contributed by atoms with Gasteiger partial charge in [-0.1, -0.05) is 36.8 Å². The van der Waals surface area contributed by atoms with Gasteiger partial charge in [0.25, 0.3) is 5.91 Å². The molecule has 2 aliphatic heterocycles. The van der Waals surface area contributed by atoms with Crippen molar-refractivity contribution in [3.8, 4) is 0 Å². The Balaban J connectivity index is 1.33. The predicted octanol–water partition coefficient (Wildman–Crippen LogP) is 3.40. The number of hydrogen-bond acceptors (Lipinski definition) is 4. The van der Waals surface area contributed by atoms with Crippen LogP contribution in [0.4, 0.5) is 11.4 Å². The van der Waals surface area contributed by atoms with Crippen LogP contribution < -0.4 is 10.2 Å². The van der Waals surface area contributed by atoms with E-state index in [-0.39, 0.29) is 30.2 Å². The molecule has 2 saturated heterocycles. The lowest BCUT2D eigenvalue weighted by molar-refractivity contribution is -0.143. The van der Waals surface area contributed by atoms with Gasteiger partial charge in [-0.05, 0) is 62.4 Å². The number of piperidine rings is 1. The summed E-state index contributed by atoms with van der Waals surface area (Å²) in [6.45, 7) is 3.49. The van der Waals surface area contributed by atoms with Crippen molar-refractivity contribution in [2.24, 2.45) is 5.92 Å². The van der Waals surface area contributed by atoms with Crippen molar-refractivity contribution in [1.29, 1.82) is 0 Å². The summed E-state index contributed by atoms with van der Waals surface area (Å²) in [5.41, 5.74) is 2.04. The van der Waals surface area contributed by atoms with Crippen LogP contribution in [0.15, 0.2) is 54.6 Å². The van der Waals surface area contributed by atoms with Gasteiger partial charge in [0.05, 0.1) is 6.67 Å². The molecule has 1 N–H and O–H groups in total. The molecule has 1 aliphatic carbocycles. The first kappa shape index (κ1) is 22.4. The van der Waals surface area contributed by atoms with E-state index in [0.29, 0.717) is 32.6 Å². The van der Waals surface area contributed by atoms with Crippen LogP contribution in [0.2, 0.25) is 0 Å². The molecule has 0 bridgehead atoms. The standard InChI is InChI=1S/C27H32N4O3/c1-20-7-5-10-22(17-20)28-24(32)18-30-19-31(23-11-3-2-4-12-23)27(26(30)34)13-15-29(16-14-27)25(33)21-8-6-9-21/h2-5,7,10-12,17,21H,6,8-9,13-16,18-19H2,1H3,(H,28,32). The minimum absolute atomic E-state index is 0.00256. The van der Waals surface area contributed by atoms with Crippen LogP contribution in [-0.4, -0.2) is 59.4 Å². The number of likely N-dealkylation sites (tertiary alicyclic amines) is 1.